The molecule has 0 bridgehead atoms. The van der Waals surface area contributed by atoms with Crippen molar-refractivity contribution >= 4 is 17.3 Å². The van der Waals surface area contributed by atoms with Crippen molar-refractivity contribution < 1.29 is 0 Å². The molecular weight excluding hydrogens is 334 g/mol. The number of nitrogens with zero attached hydrogens (tertiary/aromatic N) is 5. The third-order valence-corrected chi connectivity index (χ3v) is 5.40. The van der Waals surface area contributed by atoms with Gasteiger partial charge in [0.15, 0.2) is 11.8 Å². The highest BCUT2D eigenvalue weighted by Gasteiger charge is 2.14. The van der Waals surface area contributed by atoms with Crippen molar-refractivity contribution in [3.8, 4) is 0 Å². The van der Waals surface area contributed by atoms with Crippen LogP contribution < -0.4 is 10.6 Å². The van der Waals surface area contributed by atoms with E-state index in [9.17, 15) is 0 Å². The Labute approximate surface area is 153 Å². The summed E-state index contributed by atoms with van der Waals surface area (Å²) >= 11 is 1.73. The van der Waals surface area contributed by atoms with Gasteiger partial charge in [0.1, 0.15) is 12.4 Å². The van der Waals surface area contributed by atoms with E-state index in [1.165, 1.54) is 24.1 Å². The molecule has 1 aliphatic rings. The molecular formula is C17H27N7S. The van der Waals surface area contributed by atoms with E-state index < -0.39 is 0 Å². The van der Waals surface area contributed by atoms with Crippen molar-refractivity contribution in [3.63, 3.8) is 0 Å². The average molecular weight is 362 g/mol. The molecule has 2 aromatic heterocycles. The summed E-state index contributed by atoms with van der Waals surface area (Å²) < 4.78 is 2.25. The maximum absolute atomic E-state index is 4.70. The van der Waals surface area contributed by atoms with E-state index in [4.69, 9.17) is 4.99 Å². The van der Waals surface area contributed by atoms with Crippen LogP contribution in [-0.4, -0.2) is 32.3 Å². The lowest BCUT2D eigenvalue weighted by Crippen LogP contribution is -2.36. The Morgan fingerprint density at radius 2 is 2.08 bits per heavy atom. The van der Waals surface area contributed by atoms with Crippen LogP contribution in [0, 0.1) is 13.8 Å². The molecule has 1 aliphatic heterocycles. The minimum absolute atomic E-state index is 0.545. The van der Waals surface area contributed by atoms with E-state index in [0.717, 1.165) is 54.4 Å². The lowest BCUT2D eigenvalue weighted by atomic mass is 10.2. The second-order valence-electron chi connectivity index (χ2n) is 6.28. The topological polar surface area (TPSA) is 80.0 Å². The zero-order valence-corrected chi connectivity index (χ0v) is 16.1. The number of guanidine groups is 1. The zero-order chi connectivity index (χ0) is 17.6. The molecule has 136 valence electrons. The Hall–Kier alpha value is -1.96. The third-order valence-electron chi connectivity index (χ3n) is 4.32. The maximum atomic E-state index is 4.70. The number of thiazole rings is 1. The first-order valence-corrected chi connectivity index (χ1v) is 9.85. The van der Waals surface area contributed by atoms with Crippen LogP contribution in [0.5, 0.6) is 0 Å². The molecule has 0 spiro atoms. The number of aryl methyl sites for hydroxylation is 3. The highest BCUT2D eigenvalue weighted by molar-refractivity contribution is 7.11. The molecule has 2 N–H and O–H groups in total. The summed E-state index contributed by atoms with van der Waals surface area (Å²) in [7, 11) is 0. The molecule has 0 unspecified atom stereocenters. The summed E-state index contributed by atoms with van der Waals surface area (Å²) in [4.78, 5) is 10.4. The summed E-state index contributed by atoms with van der Waals surface area (Å²) in [6.45, 7) is 9.28. The minimum Gasteiger partial charge on any atom is -0.357 e. The first-order chi connectivity index (χ1) is 12.2. The predicted molar refractivity (Wildman–Crippen MR) is 101 cm³/mol. The number of hydrogen-bond donors (Lipinski definition) is 2. The largest absolute Gasteiger partial charge is 0.357 e. The van der Waals surface area contributed by atoms with Gasteiger partial charge in [0.25, 0.3) is 0 Å². The Balaban J connectivity index is 1.66. The van der Waals surface area contributed by atoms with E-state index >= 15 is 0 Å². The molecule has 0 radical (unpaired) electrons. The molecule has 0 aromatic carbocycles. The Kier molecular flexibility index (Phi) is 6.01. The lowest BCUT2D eigenvalue weighted by molar-refractivity contribution is 0.605. The fraction of sp³-hybridized carbons (Fsp3) is 0.647. The summed E-state index contributed by atoms with van der Waals surface area (Å²) in [5.41, 5.74) is 1.09. The highest BCUT2D eigenvalue weighted by atomic mass is 32.1. The van der Waals surface area contributed by atoms with Crippen LogP contribution in [0.25, 0.3) is 0 Å². The van der Waals surface area contributed by atoms with Crippen LogP contribution in [0.1, 0.15) is 53.4 Å². The van der Waals surface area contributed by atoms with Crippen molar-refractivity contribution in [3.05, 3.63) is 27.2 Å². The Morgan fingerprint density at radius 3 is 2.84 bits per heavy atom. The number of rotatable bonds is 5. The van der Waals surface area contributed by atoms with Crippen LogP contribution >= 0.6 is 11.3 Å². The van der Waals surface area contributed by atoms with Crippen molar-refractivity contribution in [2.24, 2.45) is 4.99 Å². The molecule has 0 atom stereocenters. The normalized spacial score (nSPS) is 14.9. The fourth-order valence-electron chi connectivity index (χ4n) is 3.06. The first-order valence-electron chi connectivity index (χ1n) is 9.03. The average Bonchev–Trinajstić information content (AvgIpc) is 3.02. The molecule has 0 fully saturated rings. The third kappa shape index (κ3) is 4.56. The summed E-state index contributed by atoms with van der Waals surface area (Å²) in [6.07, 6.45) is 4.70. The second-order valence-corrected chi connectivity index (χ2v) is 7.57. The highest BCUT2D eigenvalue weighted by Crippen LogP contribution is 2.17. The summed E-state index contributed by atoms with van der Waals surface area (Å²) in [6, 6.07) is 0. The molecule has 25 heavy (non-hydrogen) atoms. The fourth-order valence-corrected chi connectivity index (χ4v) is 3.93. The molecule has 2 aromatic rings. The van der Waals surface area contributed by atoms with Crippen LogP contribution in [0.15, 0.2) is 4.99 Å². The SMILES string of the molecule is CCNC(=NCc1nnc2n1CCCCC2)NCc1sc(C)nc1C. The van der Waals surface area contributed by atoms with Gasteiger partial charge in [0.05, 0.1) is 17.2 Å². The second kappa shape index (κ2) is 8.42. The number of fused-ring (bicyclic) bond motifs is 1. The van der Waals surface area contributed by atoms with Crippen LogP contribution in [0.4, 0.5) is 0 Å². The first kappa shape index (κ1) is 17.8. The van der Waals surface area contributed by atoms with Gasteiger partial charge in [-0.3, -0.25) is 0 Å². The van der Waals surface area contributed by atoms with Gasteiger partial charge in [-0.2, -0.15) is 0 Å². The lowest BCUT2D eigenvalue weighted by Gasteiger charge is -2.11. The van der Waals surface area contributed by atoms with Crippen molar-refractivity contribution in [1.82, 2.24) is 30.4 Å². The van der Waals surface area contributed by atoms with E-state index in [2.05, 4.69) is 44.2 Å². The van der Waals surface area contributed by atoms with E-state index in [1.54, 1.807) is 11.3 Å². The molecule has 8 heteroatoms. The molecule has 3 rings (SSSR count). The van der Waals surface area contributed by atoms with Crippen molar-refractivity contribution in [1.29, 1.82) is 0 Å². The molecule has 0 amide bonds. The van der Waals surface area contributed by atoms with Gasteiger partial charge < -0.3 is 15.2 Å². The van der Waals surface area contributed by atoms with Gasteiger partial charge in [-0.1, -0.05) is 6.42 Å². The van der Waals surface area contributed by atoms with Gasteiger partial charge in [0.2, 0.25) is 0 Å². The summed E-state index contributed by atoms with van der Waals surface area (Å²) in [5.74, 6) is 2.87. The molecule has 0 saturated heterocycles. The monoisotopic (exact) mass is 361 g/mol. The van der Waals surface area contributed by atoms with Gasteiger partial charge in [-0.25, -0.2) is 9.98 Å². The van der Waals surface area contributed by atoms with Crippen molar-refractivity contribution in [2.45, 2.75) is 66.1 Å². The molecule has 0 saturated carbocycles. The van der Waals surface area contributed by atoms with Gasteiger partial charge in [-0.15, -0.1) is 21.5 Å². The van der Waals surface area contributed by atoms with Gasteiger partial charge in [0, 0.05) is 24.4 Å². The van der Waals surface area contributed by atoms with Gasteiger partial charge >= 0.3 is 0 Å². The number of aromatic nitrogens is 4. The number of aliphatic imine (C=N–C) groups is 1. The van der Waals surface area contributed by atoms with Crippen LogP contribution in [-0.2, 0) is 26.1 Å². The zero-order valence-electron chi connectivity index (χ0n) is 15.3. The quantitative estimate of drug-likeness (QED) is 0.631. The Bertz CT molecular complexity index is 731. The minimum atomic E-state index is 0.545. The van der Waals surface area contributed by atoms with E-state index in [1.807, 2.05) is 6.92 Å². The predicted octanol–water partition coefficient (Wildman–Crippen LogP) is 2.33. The molecule has 7 nitrogen and oxygen atoms in total. The number of hydrogen-bond acceptors (Lipinski definition) is 5. The molecule has 0 aliphatic carbocycles. The molecule has 3 heterocycles. The number of nitrogens with one attached hydrogen (secondary N) is 2. The Morgan fingerprint density at radius 1 is 1.20 bits per heavy atom. The van der Waals surface area contributed by atoms with Crippen LogP contribution in [0.2, 0.25) is 0 Å². The van der Waals surface area contributed by atoms with Gasteiger partial charge in [-0.05, 0) is 33.6 Å². The maximum Gasteiger partial charge on any atom is 0.191 e. The smallest absolute Gasteiger partial charge is 0.191 e. The van der Waals surface area contributed by atoms with Crippen molar-refractivity contribution in [2.75, 3.05) is 6.54 Å². The standard InChI is InChI=1S/C17H27N7S/c1-4-18-17(19-10-14-12(2)21-13(3)25-14)20-11-16-23-22-15-8-6-5-7-9-24(15)16/h4-11H2,1-3H3,(H2,18,19,20). The van der Waals surface area contributed by atoms with Crippen LogP contribution in [0.3, 0.4) is 0 Å². The summed E-state index contributed by atoms with van der Waals surface area (Å²) in [5, 5.41) is 16.5. The van der Waals surface area contributed by atoms with E-state index in [-0.39, 0.29) is 0 Å². The van der Waals surface area contributed by atoms with E-state index in [0.29, 0.717) is 6.54 Å².